The molecule has 108 valence electrons. The average Bonchev–Trinajstić information content (AvgIpc) is 2.34. The van der Waals surface area contributed by atoms with Gasteiger partial charge in [-0.1, -0.05) is 13.8 Å². The molecule has 1 heterocycles. The van der Waals surface area contributed by atoms with Crippen LogP contribution < -0.4 is 10.6 Å². The van der Waals surface area contributed by atoms with Gasteiger partial charge in [0.2, 0.25) is 0 Å². The van der Waals surface area contributed by atoms with Crippen molar-refractivity contribution in [2.75, 3.05) is 30.3 Å². The number of aliphatic hydroxyl groups excluding tert-OH is 1. The first-order valence-electron chi connectivity index (χ1n) is 6.91. The molecule has 0 aliphatic rings. The van der Waals surface area contributed by atoms with Gasteiger partial charge in [0.25, 0.3) is 0 Å². The van der Waals surface area contributed by atoms with E-state index >= 15 is 0 Å². The Kier molecular flexibility index (Phi) is 6.02. The lowest BCUT2D eigenvalue weighted by Crippen LogP contribution is -2.24. The summed E-state index contributed by atoms with van der Waals surface area (Å²) >= 11 is 0. The fourth-order valence-electron chi connectivity index (χ4n) is 1.91. The fourth-order valence-corrected chi connectivity index (χ4v) is 1.91. The summed E-state index contributed by atoms with van der Waals surface area (Å²) in [7, 11) is 0. The SMILES string of the molecule is CCNc1cc(NCC(C)(C)CCCO)nc(C)n1. The molecule has 0 amide bonds. The van der Waals surface area contributed by atoms with Crippen LogP contribution >= 0.6 is 0 Å². The van der Waals surface area contributed by atoms with Gasteiger partial charge in [-0.3, -0.25) is 0 Å². The van der Waals surface area contributed by atoms with Gasteiger partial charge in [0.15, 0.2) is 0 Å². The Morgan fingerprint density at radius 2 is 1.84 bits per heavy atom. The lowest BCUT2D eigenvalue weighted by atomic mass is 9.88. The van der Waals surface area contributed by atoms with E-state index in [0.717, 1.165) is 43.4 Å². The quantitative estimate of drug-likeness (QED) is 0.674. The summed E-state index contributed by atoms with van der Waals surface area (Å²) < 4.78 is 0. The van der Waals surface area contributed by atoms with E-state index in [1.54, 1.807) is 0 Å². The molecule has 1 aromatic heterocycles. The summed E-state index contributed by atoms with van der Waals surface area (Å²) in [5.41, 5.74) is 0.139. The van der Waals surface area contributed by atoms with E-state index < -0.39 is 0 Å². The molecule has 0 aliphatic heterocycles. The fraction of sp³-hybridized carbons (Fsp3) is 0.714. The van der Waals surface area contributed by atoms with E-state index in [1.807, 2.05) is 19.9 Å². The molecule has 1 aromatic rings. The van der Waals surface area contributed by atoms with Gasteiger partial charge in [-0.15, -0.1) is 0 Å². The van der Waals surface area contributed by atoms with Crippen LogP contribution in [0.2, 0.25) is 0 Å². The molecule has 1 rings (SSSR count). The van der Waals surface area contributed by atoms with E-state index in [2.05, 4.69) is 34.4 Å². The molecule has 0 fully saturated rings. The minimum Gasteiger partial charge on any atom is -0.396 e. The van der Waals surface area contributed by atoms with Gasteiger partial charge in [-0.05, 0) is 32.1 Å². The van der Waals surface area contributed by atoms with Crippen molar-refractivity contribution in [1.82, 2.24) is 9.97 Å². The standard InChI is InChI=1S/C14H26N4O/c1-5-15-12-9-13(18-11(2)17-12)16-10-14(3,4)7-6-8-19/h9,19H,5-8,10H2,1-4H3,(H2,15,16,17,18). The summed E-state index contributed by atoms with van der Waals surface area (Å²) in [6.45, 7) is 10.2. The lowest BCUT2D eigenvalue weighted by Gasteiger charge is -2.25. The summed E-state index contributed by atoms with van der Waals surface area (Å²) in [5, 5.41) is 15.5. The Morgan fingerprint density at radius 3 is 2.42 bits per heavy atom. The van der Waals surface area contributed by atoms with Crippen LogP contribution in [-0.4, -0.2) is 34.8 Å². The third-order valence-corrected chi connectivity index (χ3v) is 2.96. The molecule has 19 heavy (non-hydrogen) atoms. The minimum absolute atomic E-state index is 0.139. The molecule has 0 radical (unpaired) electrons. The van der Waals surface area contributed by atoms with Crippen molar-refractivity contribution in [3.63, 3.8) is 0 Å². The first-order chi connectivity index (χ1) is 8.96. The molecular weight excluding hydrogens is 240 g/mol. The van der Waals surface area contributed by atoms with Crippen LogP contribution in [0, 0.1) is 12.3 Å². The second kappa shape index (κ2) is 7.28. The first-order valence-corrected chi connectivity index (χ1v) is 6.91. The summed E-state index contributed by atoms with van der Waals surface area (Å²) in [5.74, 6) is 2.46. The molecule has 5 heteroatoms. The maximum Gasteiger partial charge on any atom is 0.131 e. The highest BCUT2D eigenvalue weighted by molar-refractivity contribution is 5.47. The van der Waals surface area contributed by atoms with Crippen molar-refractivity contribution < 1.29 is 5.11 Å². The summed E-state index contributed by atoms with van der Waals surface area (Å²) in [6.07, 6.45) is 1.82. The van der Waals surface area contributed by atoms with Crippen LogP contribution in [0.4, 0.5) is 11.6 Å². The number of aromatic nitrogens is 2. The van der Waals surface area contributed by atoms with Crippen LogP contribution in [0.25, 0.3) is 0 Å². The van der Waals surface area contributed by atoms with Gasteiger partial charge >= 0.3 is 0 Å². The van der Waals surface area contributed by atoms with Gasteiger partial charge in [-0.25, -0.2) is 9.97 Å². The molecular formula is C14H26N4O. The predicted octanol–water partition coefficient (Wildman–Crippen LogP) is 2.43. The van der Waals surface area contributed by atoms with Gasteiger partial charge in [0.05, 0.1) is 0 Å². The molecule has 0 saturated carbocycles. The maximum atomic E-state index is 8.90. The number of hydrogen-bond donors (Lipinski definition) is 3. The average molecular weight is 266 g/mol. The number of aliphatic hydroxyl groups is 1. The van der Waals surface area contributed by atoms with Gasteiger partial charge in [0.1, 0.15) is 17.5 Å². The first kappa shape index (κ1) is 15.7. The molecule has 3 N–H and O–H groups in total. The maximum absolute atomic E-state index is 8.90. The molecule has 0 saturated heterocycles. The normalized spacial score (nSPS) is 11.4. The highest BCUT2D eigenvalue weighted by atomic mass is 16.2. The van der Waals surface area contributed by atoms with Crippen LogP contribution in [0.15, 0.2) is 6.07 Å². The Morgan fingerprint density at radius 1 is 1.21 bits per heavy atom. The molecule has 0 bridgehead atoms. The number of nitrogens with zero attached hydrogens (tertiary/aromatic N) is 2. The number of hydrogen-bond acceptors (Lipinski definition) is 5. The van der Waals surface area contributed by atoms with Crippen molar-refractivity contribution in [2.45, 2.75) is 40.5 Å². The Hall–Kier alpha value is -1.36. The van der Waals surface area contributed by atoms with E-state index in [0.29, 0.717) is 0 Å². The lowest BCUT2D eigenvalue weighted by molar-refractivity contribution is 0.248. The van der Waals surface area contributed by atoms with E-state index in [1.165, 1.54) is 0 Å². The Balaban J connectivity index is 2.61. The molecule has 0 spiro atoms. The molecule has 5 nitrogen and oxygen atoms in total. The van der Waals surface area contributed by atoms with Crippen molar-refractivity contribution in [3.05, 3.63) is 11.9 Å². The van der Waals surface area contributed by atoms with Crippen molar-refractivity contribution in [2.24, 2.45) is 5.41 Å². The molecule has 0 aromatic carbocycles. The molecule has 0 aliphatic carbocycles. The smallest absolute Gasteiger partial charge is 0.131 e. The van der Waals surface area contributed by atoms with Gasteiger partial charge in [-0.2, -0.15) is 0 Å². The molecule has 0 unspecified atom stereocenters. The monoisotopic (exact) mass is 266 g/mol. The number of rotatable bonds is 8. The number of aryl methyl sites for hydroxylation is 1. The van der Waals surface area contributed by atoms with Crippen molar-refractivity contribution >= 4 is 11.6 Å². The van der Waals surface area contributed by atoms with Crippen LogP contribution in [0.5, 0.6) is 0 Å². The number of nitrogens with one attached hydrogen (secondary N) is 2. The second-order valence-corrected chi connectivity index (χ2v) is 5.56. The summed E-state index contributed by atoms with van der Waals surface area (Å²) in [6, 6.07) is 1.93. The highest BCUT2D eigenvalue weighted by Crippen LogP contribution is 2.23. The van der Waals surface area contributed by atoms with Crippen LogP contribution in [0.3, 0.4) is 0 Å². The van der Waals surface area contributed by atoms with E-state index in [4.69, 9.17) is 5.11 Å². The third kappa shape index (κ3) is 5.87. The minimum atomic E-state index is 0.139. The van der Waals surface area contributed by atoms with Crippen LogP contribution in [-0.2, 0) is 0 Å². The van der Waals surface area contributed by atoms with E-state index in [-0.39, 0.29) is 12.0 Å². The van der Waals surface area contributed by atoms with Crippen molar-refractivity contribution in [3.8, 4) is 0 Å². The highest BCUT2D eigenvalue weighted by Gasteiger charge is 2.17. The number of anilines is 2. The zero-order chi connectivity index (χ0) is 14.3. The Labute approximate surface area is 115 Å². The third-order valence-electron chi connectivity index (χ3n) is 2.96. The van der Waals surface area contributed by atoms with Gasteiger partial charge in [0, 0.05) is 25.8 Å². The summed E-state index contributed by atoms with van der Waals surface area (Å²) in [4.78, 5) is 8.71. The zero-order valence-electron chi connectivity index (χ0n) is 12.5. The predicted molar refractivity (Wildman–Crippen MR) is 79.5 cm³/mol. The van der Waals surface area contributed by atoms with Gasteiger partial charge < -0.3 is 15.7 Å². The Bertz CT molecular complexity index is 393. The molecule has 0 atom stereocenters. The zero-order valence-corrected chi connectivity index (χ0v) is 12.5. The van der Waals surface area contributed by atoms with Crippen molar-refractivity contribution in [1.29, 1.82) is 0 Å². The van der Waals surface area contributed by atoms with Crippen LogP contribution in [0.1, 0.15) is 39.4 Å². The largest absolute Gasteiger partial charge is 0.396 e. The topological polar surface area (TPSA) is 70.1 Å². The van der Waals surface area contributed by atoms with E-state index in [9.17, 15) is 0 Å². The second-order valence-electron chi connectivity index (χ2n) is 5.56.